The minimum absolute atomic E-state index is 0.0839. The molecule has 7 nitrogen and oxygen atoms in total. The Bertz CT molecular complexity index is 1200. The molecule has 2 N–H and O–H groups in total. The lowest BCUT2D eigenvalue weighted by atomic mass is 10.1. The van der Waals surface area contributed by atoms with E-state index in [1.807, 2.05) is 19.1 Å². The number of benzene rings is 2. The number of nitrogens with one attached hydrogen (secondary N) is 2. The zero-order valence-corrected chi connectivity index (χ0v) is 24.3. The van der Waals surface area contributed by atoms with Gasteiger partial charge in [0.25, 0.3) is 0 Å². The number of carbonyl (C=O) groups is 1. The molecular formula is C28H34Cl2FN5O2S. The Kier molecular flexibility index (Phi) is 10.9. The van der Waals surface area contributed by atoms with Gasteiger partial charge < -0.3 is 20.3 Å². The third-order valence-corrected chi connectivity index (χ3v) is 9.46. The van der Waals surface area contributed by atoms with Crippen LogP contribution < -0.4 is 15.4 Å². The fraction of sp³-hybridized carbons (Fsp3) is 0.464. The Hall–Kier alpha value is -2.35. The second kappa shape index (κ2) is 14.3. The summed E-state index contributed by atoms with van der Waals surface area (Å²) in [6, 6.07) is 12.6. The lowest BCUT2D eigenvalue weighted by Gasteiger charge is -2.35. The van der Waals surface area contributed by atoms with E-state index >= 15 is 0 Å². The molecule has 2 aliphatic heterocycles. The molecule has 2 aromatic carbocycles. The topological polar surface area (TPSA) is 80.6 Å². The van der Waals surface area contributed by atoms with Crippen molar-refractivity contribution in [3.63, 3.8) is 0 Å². The van der Waals surface area contributed by atoms with E-state index in [-0.39, 0.29) is 12.1 Å². The number of carbonyl (C=O) groups excluding carboxylic acids is 1. The maximum atomic E-state index is 13.3. The quantitative estimate of drug-likeness (QED) is 0.355. The van der Waals surface area contributed by atoms with Crippen molar-refractivity contribution in [1.29, 1.82) is 5.26 Å². The number of likely N-dealkylation sites (tertiary alicyclic amines) is 1. The van der Waals surface area contributed by atoms with Gasteiger partial charge in [0.2, 0.25) is 0 Å². The van der Waals surface area contributed by atoms with Crippen molar-refractivity contribution < 1.29 is 13.9 Å². The van der Waals surface area contributed by atoms with Crippen LogP contribution in [0.15, 0.2) is 41.3 Å². The fourth-order valence-corrected chi connectivity index (χ4v) is 7.34. The average Bonchev–Trinajstić information content (AvgIpc) is 2.91. The lowest BCUT2D eigenvalue weighted by Crippen LogP contribution is -2.48. The van der Waals surface area contributed by atoms with E-state index in [0.29, 0.717) is 46.5 Å². The van der Waals surface area contributed by atoms with Gasteiger partial charge in [0.1, 0.15) is 17.7 Å². The van der Waals surface area contributed by atoms with Gasteiger partial charge in [-0.15, -0.1) is 0 Å². The minimum Gasteiger partial charge on any atom is -0.456 e. The van der Waals surface area contributed by atoms with Gasteiger partial charge in [0.15, 0.2) is 0 Å². The van der Waals surface area contributed by atoms with Crippen LogP contribution in [0.4, 0.5) is 9.18 Å². The van der Waals surface area contributed by atoms with Crippen LogP contribution in [0.25, 0.3) is 0 Å². The van der Waals surface area contributed by atoms with Crippen LogP contribution in [0.1, 0.15) is 38.2 Å². The lowest BCUT2D eigenvalue weighted by molar-refractivity contribution is 0.151. The number of halogens is 3. The molecule has 2 heterocycles. The van der Waals surface area contributed by atoms with Crippen molar-refractivity contribution in [1.82, 2.24) is 19.8 Å². The van der Waals surface area contributed by atoms with E-state index in [2.05, 4.69) is 31.3 Å². The Morgan fingerprint density at radius 2 is 1.82 bits per heavy atom. The molecular weight excluding hydrogens is 560 g/mol. The Morgan fingerprint density at radius 3 is 2.46 bits per heavy atom. The summed E-state index contributed by atoms with van der Waals surface area (Å²) in [6.45, 7) is 6.36. The van der Waals surface area contributed by atoms with Gasteiger partial charge in [-0.05, 0) is 74.4 Å². The highest BCUT2D eigenvalue weighted by Gasteiger charge is 2.25. The largest absolute Gasteiger partial charge is 0.456 e. The maximum absolute atomic E-state index is 13.3. The number of alkyl halides is 1. The van der Waals surface area contributed by atoms with Gasteiger partial charge in [-0.1, -0.05) is 33.9 Å². The van der Waals surface area contributed by atoms with Crippen LogP contribution in [0.3, 0.4) is 0 Å². The smallest absolute Gasteiger partial charge is 0.315 e. The molecule has 0 saturated carbocycles. The summed E-state index contributed by atoms with van der Waals surface area (Å²) in [5.41, 5.74) is 0.558. The number of piperidine rings is 2. The van der Waals surface area contributed by atoms with E-state index in [1.165, 1.54) is 0 Å². The molecule has 0 radical (unpaired) electrons. The van der Waals surface area contributed by atoms with Gasteiger partial charge in [0, 0.05) is 55.4 Å². The first kappa shape index (κ1) is 29.6. The molecule has 2 aliphatic rings. The molecule has 0 spiro atoms. The number of urea groups is 1. The second-order valence-corrected chi connectivity index (χ2v) is 12.6. The highest BCUT2D eigenvalue weighted by atomic mass is 35.5. The Labute approximate surface area is 242 Å². The standard InChI is InChI=1S/C28H34Cl2FN5O2S/c1-2-39(27-15-20(19-32)3-4-26(27)38-25-17-21(29)16-22(30)18-25)36-12-7-24(8-13-36)34-28(37)33-9-14-35-10-5-23(31)6-11-35/h2-4,15-18,23-24H,5-14H2,1H3,(H2,33,34,37). The number of hydrogen-bond donors (Lipinski definition) is 2. The maximum Gasteiger partial charge on any atom is 0.315 e. The van der Waals surface area contributed by atoms with Crippen LogP contribution in [-0.2, 0) is 0 Å². The number of amides is 2. The number of nitriles is 1. The number of hydrogen-bond acceptors (Lipinski definition) is 5. The van der Waals surface area contributed by atoms with Crippen LogP contribution in [-0.4, -0.2) is 72.1 Å². The first-order chi connectivity index (χ1) is 18.8. The normalized spacial score (nSPS) is 18.4. The molecule has 2 aromatic rings. The SMILES string of the molecule is C/C=S(\c1cc(C#N)ccc1Oc1cc(Cl)cc(Cl)c1)N1CCC(NC(=O)NCCN2CCC(F)CC2)CC1. The van der Waals surface area contributed by atoms with Crippen molar-refractivity contribution in [3.05, 3.63) is 52.0 Å². The van der Waals surface area contributed by atoms with Crippen molar-refractivity contribution >= 4 is 45.3 Å². The summed E-state index contributed by atoms with van der Waals surface area (Å²) in [5.74, 6) is 1.17. The van der Waals surface area contributed by atoms with Crippen molar-refractivity contribution in [3.8, 4) is 17.6 Å². The van der Waals surface area contributed by atoms with E-state index in [0.717, 1.165) is 50.5 Å². The summed E-state index contributed by atoms with van der Waals surface area (Å²) in [4.78, 5) is 15.6. The number of nitrogens with zero attached hydrogens (tertiary/aromatic N) is 3. The molecule has 2 saturated heterocycles. The first-order valence-electron chi connectivity index (χ1n) is 13.2. The molecule has 11 heteroatoms. The Morgan fingerprint density at radius 1 is 1.13 bits per heavy atom. The van der Waals surface area contributed by atoms with Crippen LogP contribution in [0.2, 0.25) is 10.0 Å². The van der Waals surface area contributed by atoms with Gasteiger partial charge in [-0.25, -0.2) is 9.18 Å². The second-order valence-electron chi connectivity index (χ2n) is 9.65. The summed E-state index contributed by atoms with van der Waals surface area (Å²) in [6.07, 6.45) is 2.08. The van der Waals surface area contributed by atoms with Crippen LogP contribution >= 0.6 is 33.9 Å². The van der Waals surface area contributed by atoms with E-state index in [4.69, 9.17) is 27.9 Å². The summed E-state index contributed by atoms with van der Waals surface area (Å²) < 4.78 is 21.9. The Balaban J connectivity index is 1.33. The fourth-order valence-electron chi connectivity index (χ4n) is 4.84. The van der Waals surface area contributed by atoms with Gasteiger partial charge >= 0.3 is 6.03 Å². The zero-order valence-electron chi connectivity index (χ0n) is 22.0. The molecule has 2 amide bonds. The number of ether oxygens (including phenoxy) is 1. The molecule has 2 fully saturated rings. The molecule has 39 heavy (non-hydrogen) atoms. The van der Waals surface area contributed by atoms with Gasteiger partial charge in [0.05, 0.1) is 16.5 Å². The molecule has 210 valence electrons. The van der Waals surface area contributed by atoms with E-state index in [1.54, 1.807) is 24.3 Å². The summed E-state index contributed by atoms with van der Waals surface area (Å²) >= 11 is 12.3. The van der Waals surface area contributed by atoms with Gasteiger partial charge in [-0.2, -0.15) is 5.26 Å². The molecule has 0 aliphatic carbocycles. The van der Waals surface area contributed by atoms with E-state index in [9.17, 15) is 14.4 Å². The predicted molar refractivity (Wildman–Crippen MR) is 157 cm³/mol. The van der Waals surface area contributed by atoms with Crippen LogP contribution in [0, 0.1) is 11.3 Å². The first-order valence-corrected chi connectivity index (χ1v) is 15.2. The zero-order chi connectivity index (χ0) is 27.8. The predicted octanol–water partition coefficient (Wildman–Crippen LogP) is 6.22. The highest BCUT2D eigenvalue weighted by Crippen LogP contribution is 2.42. The molecule has 0 aromatic heterocycles. The van der Waals surface area contributed by atoms with Crippen molar-refractivity contribution in [2.45, 2.75) is 49.7 Å². The van der Waals surface area contributed by atoms with Crippen molar-refractivity contribution in [2.75, 3.05) is 39.3 Å². The highest BCUT2D eigenvalue weighted by molar-refractivity contribution is 8.13. The molecule has 1 atom stereocenters. The summed E-state index contributed by atoms with van der Waals surface area (Å²) in [7, 11) is -0.421. The number of rotatable bonds is 8. The third kappa shape index (κ3) is 8.57. The average molecular weight is 595 g/mol. The van der Waals surface area contributed by atoms with Gasteiger partial charge in [-0.3, -0.25) is 4.31 Å². The minimum atomic E-state index is -0.689. The monoisotopic (exact) mass is 593 g/mol. The molecule has 1 unspecified atom stereocenters. The molecule has 4 rings (SSSR count). The third-order valence-electron chi connectivity index (χ3n) is 6.88. The summed E-state index contributed by atoms with van der Waals surface area (Å²) in [5, 5.41) is 18.7. The van der Waals surface area contributed by atoms with Crippen LogP contribution in [0.5, 0.6) is 11.5 Å². The molecule has 0 bridgehead atoms. The van der Waals surface area contributed by atoms with Crippen molar-refractivity contribution in [2.24, 2.45) is 0 Å². The van der Waals surface area contributed by atoms with E-state index < -0.39 is 16.8 Å².